The van der Waals surface area contributed by atoms with Gasteiger partial charge in [-0.05, 0) is 33.5 Å². The highest BCUT2D eigenvalue weighted by Crippen LogP contribution is 2.14. The fourth-order valence-corrected chi connectivity index (χ4v) is 2.01. The first-order chi connectivity index (χ1) is 8.09. The summed E-state index contributed by atoms with van der Waals surface area (Å²) in [5.41, 5.74) is 0. The zero-order valence-corrected chi connectivity index (χ0v) is 11.0. The Bertz CT molecular complexity index is 354. The molecule has 0 saturated carbocycles. The highest BCUT2D eigenvalue weighted by molar-refractivity contribution is 7.99. The zero-order chi connectivity index (χ0) is 12.7. The second-order valence-corrected chi connectivity index (χ2v) is 4.94. The molecular formula is C10H18N4O2S. The van der Waals surface area contributed by atoms with Crippen molar-refractivity contribution in [3.05, 3.63) is 6.33 Å². The molecule has 0 radical (unpaired) electrons. The van der Waals surface area contributed by atoms with Crippen molar-refractivity contribution in [2.75, 3.05) is 26.4 Å². The molecule has 0 unspecified atom stereocenters. The highest BCUT2D eigenvalue weighted by Gasteiger charge is 2.07. The van der Waals surface area contributed by atoms with Gasteiger partial charge in [0.25, 0.3) is 0 Å². The van der Waals surface area contributed by atoms with Gasteiger partial charge in [0, 0.05) is 6.54 Å². The van der Waals surface area contributed by atoms with Gasteiger partial charge >= 0.3 is 5.97 Å². The summed E-state index contributed by atoms with van der Waals surface area (Å²) in [7, 11) is 4.10. The molecular weight excluding hydrogens is 240 g/mol. The van der Waals surface area contributed by atoms with Crippen LogP contribution < -0.4 is 0 Å². The van der Waals surface area contributed by atoms with Gasteiger partial charge in [0.2, 0.25) is 0 Å². The van der Waals surface area contributed by atoms with Gasteiger partial charge < -0.3 is 14.6 Å². The minimum absolute atomic E-state index is 0.0242. The Labute approximate surface area is 105 Å². The van der Waals surface area contributed by atoms with Crippen molar-refractivity contribution in [3.8, 4) is 0 Å². The molecule has 17 heavy (non-hydrogen) atoms. The van der Waals surface area contributed by atoms with E-state index in [4.69, 9.17) is 5.11 Å². The van der Waals surface area contributed by atoms with E-state index >= 15 is 0 Å². The normalized spacial score (nSPS) is 11.0. The van der Waals surface area contributed by atoms with Crippen LogP contribution >= 0.6 is 11.8 Å². The predicted octanol–water partition coefficient (Wildman–Crippen LogP) is 0.797. The molecule has 1 rings (SSSR count). The van der Waals surface area contributed by atoms with E-state index in [1.165, 1.54) is 11.8 Å². The predicted molar refractivity (Wildman–Crippen MR) is 66.2 cm³/mol. The van der Waals surface area contributed by atoms with E-state index in [1.54, 1.807) is 6.33 Å². The maximum Gasteiger partial charge on any atom is 0.313 e. The molecule has 1 aromatic rings. The number of carbonyl (C=O) groups is 1. The van der Waals surface area contributed by atoms with Crippen molar-refractivity contribution in [1.82, 2.24) is 19.7 Å². The van der Waals surface area contributed by atoms with E-state index in [0.29, 0.717) is 5.16 Å². The molecule has 0 amide bonds. The Hall–Kier alpha value is -1.08. The van der Waals surface area contributed by atoms with Gasteiger partial charge in [0.15, 0.2) is 5.16 Å². The summed E-state index contributed by atoms with van der Waals surface area (Å²) in [5.74, 6) is -0.812. The molecule has 1 aromatic heterocycles. The van der Waals surface area contributed by atoms with E-state index in [1.807, 2.05) is 18.7 Å². The molecule has 0 aliphatic heterocycles. The lowest BCUT2D eigenvalue weighted by atomic mass is 10.3. The minimum atomic E-state index is -0.836. The van der Waals surface area contributed by atoms with Crippen LogP contribution in [-0.4, -0.2) is 57.1 Å². The van der Waals surface area contributed by atoms with Crippen LogP contribution in [0.3, 0.4) is 0 Å². The van der Waals surface area contributed by atoms with Gasteiger partial charge in [0.05, 0.1) is 5.75 Å². The first-order valence-corrected chi connectivity index (χ1v) is 6.45. The Balaban J connectivity index is 2.32. The fourth-order valence-electron chi connectivity index (χ4n) is 1.35. The van der Waals surface area contributed by atoms with E-state index in [9.17, 15) is 4.79 Å². The largest absolute Gasteiger partial charge is 0.481 e. The number of nitrogens with zero attached hydrogens (tertiary/aromatic N) is 4. The average molecular weight is 258 g/mol. The number of hydrogen-bond acceptors (Lipinski definition) is 5. The van der Waals surface area contributed by atoms with Gasteiger partial charge in [-0.25, -0.2) is 0 Å². The number of aliphatic carboxylic acids is 1. The molecule has 0 atom stereocenters. The molecule has 0 bridgehead atoms. The molecule has 0 saturated heterocycles. The van der Waals surface area contributed by atoms with E-state index < -0.39 is 5.97 Å². The van der Waals surface area contributed by atoms with Crippen LogP contribution in [0.2, 0.25) is 0 Å². The molecule has 0 spiro atoms. The summed E-state index contributed by atoms with van der Waals surface area (Å²) in [6.45, 7) is 1.89. The number of carboxylic acid groups (broad SMARTS) is 1. The summed E-state index contributed by atoms with van der Waals surface area (Å²) in [5, 5.41) is 17.0. The first kappa shape index (κ1) is 14.0. The van der Waals surface area contributed by atoms with Crippen molar-refractivity contribution in [2.24, 2.45) is 0 Å². The lowest BCUT2D eigenvalue weighted by Crippen LogP contribution is -2.13. The van der Waals surface area contributed by atoms with E-state index in [0.717, 1.165) is 25.9 Å². The Morgan fingerprint density at radius 2 is 2.29 bits per heavy atom. The Morgan fingerprint density at radius 3 is 2.94 bits per heavy atom. The third-order valence-corrected chi connectivity index (χ3v) is 3.12. The number of thioether (sulfide) groups is 1. The summed E-state index contributed by atoms with van der Waals surface area (Å²) in [6.07, 6.45) is 3.80. The molecule has 1 heterocycles. The average Bonchev–Trinajstić information content (AvgIpc) is 2.68. The Morgan fingerprint density at radius 1 is 1.53 bits per heavy atom. The first-order valence-electron chi connectivity index (χ1n) is 5.46. The quantitative estimate of drug-likeness (QED) is 0.549. The number of rotatable bonds is 8. The fraction of sp³-hybridized carbons (Fsp3) is 0.700. The van der Waals surface area contributed by atoms with Crippen LogP contribution in [0.15, 0.2) is 11.5 Å². The molecule has 0 aliphatic rings. The molecule has 7 heteroatoms. The maximum atomic E-state index is 10.5. The maximum absolute atomic E-state index is 10.5. The van der Waals surface area contributed by atoms with Gasteiger partial charge in [-0.1, -0.05) is 11.8 Å². The van der Waals surface area contributed by atoms with Gasteiger partial charge in [-0.3, -0.25) is 4.79 Å². The summed E-state index contributed by atoms with van der Waals surface area (Å²) in [4.78, 5) is 12.6. The third-order valence-electron chi connectivity index (χ3n) is 2.16. The Kier molecular flexibility index (Phi) is 5.99. The third kappa shape index (κ3) is 5.69. The molecule has 1 N–H and O–H groups in total. The second-order valence-electron chi connectivity index (χ2n) is 4.00. The van der Waals surface area contributed by atoms with Crippen LogP contribution in [0.25, 0.3) is 0 Å². The van der Waals surface area contributed by atoms with Crippen LogP contribution in [0, 0.1) is 0 Å². The van der Waals surface area contributed by atoms with Crippen molar-refractivity contribution < 1.29 is 9.90 Å². The van der Waals surface area contributed by atoms with Gasteiger partial charge in [-0.2, -0.15) is 0 Å². The smallest absolute Gasteiger partial charge is 0.313 e. The van der Waals surface area contributed by atoms with Gasteiger partial charge in [-0.15, -0.1) is 10.2 Å². The lowest BCUT2D eigenvalue weighted by Gasteiger charge is -2.09. The van der Waals surface area contributed by atoms with Crippen molar-refractivity contribution in [3.63, 3.8) is 0 Å². The van der Waals surface area contributed by atoms with E-state index in [-0.39, 0.29) is 5.75 Å². The summed E-state index contributed by atoms with van der Waals surface area (Å²) in [6, 6.07) is 0. The lowest BCUT2D eigenvalue weighted by molar-refractivity contribution is -0.133. The van der Waals surface area contributed by atoms with Crippen LogP contribution in [-0.2, 0) is 11.3 Å². The topological polar surface area (TPSA) is 71.2 Å². The minimum Gasteiger partial charge on any atom is -0.481 e. The van der Waals surface area contributed by atoms with Crippen LogP contribution in [0.5, 0.6) is 0 Å². The van der Waals surface area contributed by atoms with Crippen LogP contribution in [0.4, 0.5) is 0 Å². The number of carboxylic acids is 1. The summed E-state index contributed by atoms with van der Waals surface area (Å²) >= 11 is 1.21. The number of aromatic nitrogens is 3. The van der Waals surface area contributed by atoms with Crippen LogP contribution in [0.1, 0.15) is 12.8 Å². The van der Waals surface area contributed by atoms with Crippen molar-refractivity contribution in [1.29, 1.82) is 0 Å². The molecule has 0 aliphatic carbocycles. The molecule has 0 aromatic carbocycles. The second kappa shape index (κ2) is 7.29. The standard InChI is InChI=1S/C10H18N4O2S/c1-13(2)5-3-4-6-14-8-11-12-10(14)17-7-9(15)16/h8H,3-7H2,1-2H3,(H,15,16). The SMILES string of the molecule is CN(C)CCCCn1cnnc1SCC(=O)O. The monoisotopic (exact) mass is 258 g/mol. The molecule has 96 valence electrons. The zero-order valence-electron chi connectivity index (χ0n) is 10.2. The highest BCUT2D eigenvalue weighted by atomic mass is 32.2. The van der Waals surface area contributed by atoms with Gasteiger partial charge in [0.1, 0.15) is 6.33 Å². The number of hydrogen-bond donors (Lipinski definition) is 1. The number of unbranched alkanes of at least 4 members (excludes halogenated alkanes) is 1. The van der Waals surface area contributed by atoms with Crippen molar-refractivity contribution in [2.45, 2.75) is 24.5 Å². The number of aryl methyl sites for hydroxylation is 1. The molecule has 0 fully saturated rings. The van der Waals surface area contributed by atoms with E-state index in [2.05, 4.69) is 15.1 Å². The summed E-state index contributed by atoms with van der Waals surface area (Å²) < 4.78 is 1.91. The van der Waals surface area contributed by atoms with Crippen molar-refractivity contribution >= 4 is 17.7 Å². The molecule has 6 nitrogen and oxygen atoms in total.